The molecule has 0 bridgehead atoms. The van der Waals surface area contributed by atoms with Crippen molar-refractivity contribution in [3.05, 3.63) is 65.1 Å². The highest BCUT2D eigenvalue weighted by Gasteiger charge is 2.24. The van der Waals surface area contributed by atoms with Crippen LogP contribution in [-0.4, -0.2) is 21.2 Å². The first-order valence-corrected chi connectivity index (χ1v) is 9.33. The lowest BCUT2D eigenvalue weighted by atomic mass is 9.96. The number of ketones is 1. The number of pyridine rings is 1. The van der Waals surface area contributed by atoms with Crippen molar-refractivity contribution in [3.63, 3.8) is 0 Å². The Morgan fingerprint density at radius 1 is 1.19 bits per heavy atom. The average molecular weight is 363 g/mol. The van der Waals surface area contributed by atoms with Crippen molar-refractivity contribution in [1.29, 1.82) is 0 Å². The normalized spacial score (nSPS) is 11.3. The van der Waals surface area contributed by atoms with E-state index >= 15 is 0 Å². The maximum Gasteiger partial charge on any atom is 0.248 e. The Kier molecular flexibility index (Phi) is 5.40. The number of fused-ring (bicyclic) bond motifs is 1. The largest absolute Gasteiger partial charge is 0.366 e. The van der Waals surface area contributed by atoms with Crippen LogP contribution in [0.15, 0.2) is 42.6 Å². The van der Waals surface area contributed by atoms with Gasteiger partial charge < -0.3 is 10.3 Å². The van der Waals surface area contributed by atoms with Gasteiger partial charge in [0.2, 0.25) is 5.91 Å². The average Bonchev–Trinajstić information content (AvgIpc) is 2.95. The zero-order valence-electron chi connectivity index (χ0n) is 16.0. The van der Waals surface area contributed by atoms with E-state index in [1.165, 1.54) is 0 Å². The predicted molar refractivity (Wildman–Crippen MR) is 107 cm³/mol. The molecule has 0 aliphatic rings. The number of primary amides is 1. The molecular weight excluding hydrogens is 338 g/mol. The fourth-order valence-electron chi connectivity index (χ4n) is 3.45. The summed E-state index contributed by atoms with van der Waals surface area (Å²) < 4.78 is 2.11. The molecule has 0 fully saturated rings. The number of amides is 1. The molecule has 5 nitrogen and oxygen atoms in total. The van der Waals surface area contributed by atoms with Gasteiger partial charge in [0, 0.05) is 34.3 Å². The van der Waals surface area contributed by atoms with Gasteiger partial charge in [-0.1, -0.05) is 39.3 Å². The first-order chi connectivity index (χ1) is 12.9. The van der Waals surface area contributed by atoms with Crippen LogP contribution in [0.25, 0.3) is 10.9 Å². The maximum atomic E-state index is 13.0. The van der Waals surface area contributed by atoms with Crippen LogP contribution in [0.1, 0.15) is 59.3 Å². The lowest BCUT2D eigenvalue weighted by molar-refractivity contribution is 0.0939. The summed E-state index contributed by atoms with van der Waals surface area (Å²) >= 11 is 0. The summed E-state index contributed by atoms with van der Waals surface area (Å²) in [5.74, 6) is -0.461. The number of carbonyl (C=O) groups is 2. The third kappa shape index (κ3) is 3.63. The zero-order valence-corrected chi connectivity index (χ0v) is 16.0. The molecule has 5 heteroatoms. The van der Waals surface area contributed by atoms with E-state index in [1.807, 2.05) is 38.1 Å². The number of rotatable bonds is 7. The first-order valence-electron chi connectivity index (χ1n) is 9.33. The van der Waals surface area contributed by atoms with E-state index in [0.29, 0.717) is 12.1 Å². The zero-order chi connectivity index (χ0) is 19.6. The molecule has 140 valence electrons. The Hall–Kier alpha value is -2.95. The highest BCUT2D eigenvalue weighted by molar-refractivity contribution is 6.11. The third-order valence-corrected chi connectivity index (χ3v) is 4.76. The van der Waals surface area contributed by atoms with Gasteiger partial charge in [0.05, 0.1) is 17.8 Å². The van der Waals surface area contributed by atoms with Crippen molar-refractivity contribution in [3.8, 4) is 0 Å². The molecule has 3 aromatic rings. The van der Waals surface area contributed by atoms with Crippen LogP contribution in [0, 0.1) is 5.92 Å². The second-order valence-electron chi connectivity index (χ2n) is 7.09. The number of carbonyl (C=O) groups excluding carboxylic acids is 2. The van der Waals surface area contributed by atoms with Gasteiger partial charge in [-0.25, -0.2) is 0 Å². The minimum atomic E-state index is -0.476. The summed E-state index contributed by atoms with van der Waals surface area (Å²) in [5.41, 5.74) is 9.44. The molecule has 0 spiro atoms. The molecule has 0 saturated carbocycles. The summed E-state index contributed by atoms with van der Waals surface area (Å²) in [4.78, 5) is 29.2. The molecule has 0 saturated heterocycles. The van der Waals surface area contributed by atoms with Gasteiger partial charge in [-0.3, -0.25) is 14.6 Å². The van der Waals surface area contributed by atoms with Crippen molar-refractivity contribution in [2.75, 3.05) is 0 Å². The minimum absolute atomic E-state index is 0.106. The van der Waals surface area contributed by atoms with Crippen molar-refractivity contribution >= 4 is 22.6 Å². The van der Waals surface area contributed by atoms with Gasteiger partial charge >= 0.3 is 0 Å². The molecule has 1 aromatic carbocycles. The highest BCUT2D eigenvalue weighted by Crippen LogP contribution is 2.31. The van der Waals surface area contributed by atoms with Crippen molar-refractivity contribution in [1.82, 2.24) is 9.55 Å². The van der Waals surface area contributed by atoms with Crippen LogP contribution in [0.3, 0.4) is 0 Å². The van der Waals surface area contributed by atoms with Crippen LogP contribution in [-0.2, 0) is 13.0 Å². The number of aromatic nitrogens is 2. The van der Waals surface area contributed by atoms with E-state index in [-0.39, 0.29) is 11.7 Å². The number of nitrogens with two attached hydrogens (primary N) is 1. The van der Waals surface area contributed by atoms with E-state index in [4.69, 9.17) is 5.73 Å². The number of hydrogen-bond donors (Lipinski definition) is 1. The SMILES string of the molecule is CCCc1c(C(=O)C(C)C)c2ccc(C(N)=O)cc2n1Cc1ccccn1. The molecule has 1 amide bonds. The van der Waals surface area contributed by atoms with E-state index in [0.717, 1.165) is 40.7 Å². The molecule has 0 aliphatic carbocycles. The topological polar surface area (TPSA) is 78.0 Å². The lowest BCUT2D eigenvalue weighted by Crippen LogP contribution is -2.13. The molecule has 2 heterocycles. The molecule has 0 unspecified atom stereocenters. The molecule has 3 rings (SSSR count). The number of Topliss-reactive ketones (excluding diaryl/α,β-unsaturated/α-hetero) is 1. The second kappa shape index (κ2) is 7.74. The summed E-state index contributed by atoms with van der Waals surface area (Å²) in [7, 11) is 0. The Morgan fingerprint density at radius 3 is 2.56 bits per heavy atom. The fourth-order valence-corrected chi connectivity index (χ4v) is 3.45. The van der Waals surface area contributed by atoms with Crippen molar-refractivity contribution < 1.29 is 9.59 Å². The Bertz CT molecular complexity index is 988. The predicted octanol–water partition coefficient (Wildman–Crippen LogP) is 3.97. The molecule has 0 radical (unpaired) electrons. The fraction of sp³-hybridized carbons (Fsp3) is 0.318. The van der Waals surface area contributed by atoms with E-state index in [9.17, 15) is 9.59 Å². The monoisotopic (exact) mass is 363 g/mol. The number of benzene rings is 1. The smallest absolute Gasteiger partial charge is 0.248 e. The van der Waals surface area contributed by atoms with E-state index < -0.39 is 5.91 Å². The summed E-state index contributed by atoms with van der Waals surface area (Å²) in [6, 6.07) is 11.1. The van der Waals surface area contributed by atoms with Gasteiger partial charge in [0.15, 0.2) is 5.78 Å². The van der Waals surface area contributed by atoms with Crippen LogP contribution < -0.4 is 5.73 Å². The standard InChI is InChI=1S/C22H25N3O2/c1-4-7-18-20(21(26)14(2)3)17-10-9-15(22(23)27)12-19(17)25(18)13-16-8-5-6-11-24-16/h5-6,8-12,14H,4,7,13H2,1-3H3,(H2,23,27). The molecular formula is C22H25N3O2. The minimum Gasteiger partial charge on any atom is -0.366 e. The maximum absolute atomic E-state index is 13.0. The summed E-state index contributed by atoms with van der Waals surface area (Å²) in [6.07, 6.45) is 3.45. The van der Waals surface area contributed by atoms with E-state index in [1.54, 1.807) is 18.3 Å². The van der Waals surface area contributed by atoms with Crippen LogP contribution in [0.5, 0.6) is 0 Å². The molecule has 0 atom stereocenters. The van der Waals surface area contributed by atoms with Crippen molar-refractivity contribution in [2.45, 2.75) is 40.2 Å². The van der Waals surface area contributed by atoms with Crippen LogP contribution >= 0.6 is 0 Å². The lowest BCUT2D eigenvalue weighted by Gasteiger charge is -2.12. The third-order valence-electron chi connectivity index (χ3n) is 4.76. The van der Waals surface area contributed by atoms with Gasteiger partial charge in [-0.05, 0) is 30.7 Å². The van der Waals surface area contributed by atoms with Crippen molar-refractivity contribution in [2.24, 2.45) is 11.7 Å². The number of hydrogen-bond acceptors (Lipinski definition) is 3. The molecule has 2 aromatic heterocycles. The number of nitrogens with zero attached hydrogens (tertiary/aromatic N) is 2. The van der Waals surface area contributed by atoms with Gasteiger partial charge in [0.1, 0.15) is 0 Å². The molecule has 2 N–H and O–H groups in total. The van der Waals surface area contributed by atoms with Gasteiger partial charge in [0.25, 0.3) is 0 Å². The quantitative estimate of drug-likeness (QED) is 0.645. The second-order valence-corrected chi connectivity index (χ2v) is 7.09. The van der Waals surface area contributed by atoms with Crippen LogP contribution in [0.2, 0.25) is 0 Å². The van der Waals surface area contributed by atoms with E-state index in [2.05, 4.69) is 16.5 Å². The summed E-state index contributed by atoms with van der Waals surface area (Å²) in [6.45, 7) is 6.47. The van der Waals surface area contributed by atoms with Gasteiger partial charge in [-0.15, -0.1) is 0 Å². The molecule has 0 aliphatic heterocycles. The van der Waals surface area contributed by atoms with Crippen LogP contribution in [0.4, 0.5) is 0 Å². The Morgan fingerprint density at radius 2 is 1.96 bits per heavy atom. The molecule has 27 heavy (non-hydrogen) atoms. The first kappa shape index (κ1) is 18.8. The summed E-state index contributed by atoms with van der Waals surface area (Å²) in [5, 5.41) is 0.873. The van der Waals surface area contributed by atoms with Gasteiger partial charge in [-0.2, -0.15) is 0 Å². The Labute approximate surface area is 159 Å². The highest BCUT2D eigenvalue weighted by atomic mass is 16.1. The Balaban J connectivity index is 2.31.